The normalized spacial score (nSPS) is 14.9. The standard InChI is InChI=1S/C30H30N2O5/c1-19-12-17-25(32-18-26(36-2)31-28(19)32)27(37-30(35)22-8-4-3-5-9-22)21-15-13-20(14-16-21)23-10-6-7-11-24(23)29(33)34/h6-7,10-18,22,27H,3-5,8-9H2,1-2H3,(H,33,34). The van der Waals surface area contributed by atoms with Gasteiger partial charge in [0.05, 0.1) is 30.5 Å². The first-order valence-electron chi connectivity index (χ1n) is 12.6. The van der Waals surface area contributed by atoms with Crippen LogP contribution in [0.1, 0.15) is 65.4 Å². The summed E-state index contributed by atoms with van der Waals surface area (Å²) in [6.45, 7) is 1.98. The first-order chi connectivity index (χ1) is 18.0. The zero-order valence-electron chi connectivity index (χ0n) is 21.0. The number of ether oxygens (including phenoxy) is 2. The van der Waals surface area contributed by atoms with Crippen LogP contribution in [0.5, 0.6) is 5.88 Å². The topological polar surface area (TPSA) is 90.1 Å². The number of esters is 1. The van der Waals surface area contributed by atoms with Crippen LogP contribution in [0.15, 0.2) is 66.9 Å². The molecule has 1 fully saturated rings. The maximum atomic E-state index is 13.3. The molecule has 1 unspecified atom stereocenters. The Labute approximate surface area is 215 Å². The van der Waals surface area contributed by atoms with Crippen LogP contribution in [0.25, 0.3) is 16.8 Å². The van der Waals surface area contributed by atoms with Gasteiger partial charge in [-0.15, -0.1) is 0 Å². The van der Waals surface area contributed by atoms with E-state index in [2.05, 4.69) is 4.98 Å². The summed E-state index contributed by atoms with van der Waals surface area (Å²) in [5.41, 5.74) is 4.91. The number of methoxy groups -OCH3 is 1. The van der Waals surface area contributed by atoms with Crippen LogP contribution in [0.2, 0.25) is 0 Å². The Bertz CT molecular complexity index is 1430. The van der Waals surface area contributed by atoms with E-state index in [1.807, 2.05) is 53.8 Å². The summed E-state index contributed by atoms with van der Waals surface area (Å²) in [5.74, 6) is -0.786. The number of imidazole rings is 1. The van der Waals surface area contributed by atoms with Gasteiger partial charge in [-0.05, 0) is 54.2 Å². The van der Waals surface area contributed by atoms with Crippen molar-refractivity contribution in [1.29, 1.82) is 0 Å². The van der Waals surface area contributed by atoms with E-state index in [4.69, 9.17) is 9.47 Å². The number of carboxylic acid groups (broad SMARTS) is 1. The monoisotopic (exact) mass is 498 g/mol. The number of hydrogen-bond acceptors (Lipinski definition) is 5. The predicted octanol–water partition coefficient (Wildman–Crippen LogP) is 6.23. The van der Waals surface area contributed by atoms with E-state index in [0.29, 0.717) is 11.4 Å². The van der Waals surface area contributed by atoms with Crippen LogP contribution in [-0.4, -0.2) is 33.5 Å². The number of carboxylic acids is 1. The third kappa shape index (κ3) is 4.94. The van der Waals surface area contributed by atoms with Crippen LogP contribution in [-0.2, 0) is 9.53 Å². The van der Waals surface area contributed by atoms with Gasteiger partial charge in [0.25, 0.3) is 0 Å². The van der Waals surface area contributed by atoms with E-state index >= 15 is 0 Å². The quantitative estimate of drug-likeness (QED) is 0.304. The van der Waals surface area contributed by atoms with Crippen LogP contribution in [0, 0.1) is 12.8 Å². The largest absolute Gasteiger partial charge is 0.480 e. The number of carbonyl (C=O) groups is 2. The predicted molar refractivity (Wildman–Crippen MR) is 140 cm³/mol. The summed E-state index contributed by atoms with van der Waals surface area (Å²) >= 11 is 0. The van der Waals surface area contributed by atoms with Crippen molar-refractivity contribution in [3.63, 3.8) is 0 Å². The number of aryl methyl sites for hydroxylation is 1. The fraction of sp³-hybridized carbons (Fsp3) is 0.300. The molecule has 0 saturated heterocycles. The van der Waals surface area contributed by atoms with Crippen molar-refractivity contribution >= 4 is 17.6 Å². The third-order valence-corrected chi connectivity index (χ3v) is 7.15. The number of hydrogen-bond donors (Lipinski definition) is 1. The molecular formula is C30H30N2O5. The molecule has 0 bridgehead atoms. The fourth-order valence-corrected chi connectivity index (χ4v) is 5.12. The molecule has 1 saturated carbocycles. The highest BCUT2D eigenvalue weighted by Gasteiger charge is 2.29. The highest BCUT2D eigenvalue weighted by atomic mass is 16.5. The maximum Gasteiger partial charge on any atom is 0.336 e. The molecule has 0 amide bonds. The molecule has 1 aliphatic rings. The van der Waals surface area contributed by atoms with Gasteiger partial charge < -0.3 is 14.6 Å². The minimum atomic E-state index is -0.977. The van der Waals surface area contributed by atoms with Gasteiger partial charge >= 0.3 is 11.9 Å². The van der Waals surface area contributed by atoms with Crippen LogP contribution in [0.3, 0.4) is 0 Å². The summed E-state index contributed by atoms with van der Waals surface area (Å²) in [5, 5.41) is 9.61. The molecule has 190 valence electrons. The van der Waals surface area contributed by atoms with Gasteiger partial charge in [0.1, 0.15) is 5.65 Å². The molecule has 0 spiro atoms. The molecule has 0 aliphatic heterocycles. The molecule has 0 radical (unpaired) electrons. The lowest BCUT2D eigenvalue weighted by Gasteiger charge is -2.25. The van der Waals surface area contributed by atoms with Gasteiger partial charge in [-0.1, -0.05) is 67.8 Å². The van der Waals surface area contributed by atoms with Crippen LogP contribution in [0.4, 0.5) is 0 Å². The smallest absolute Gasteiger partial charge is 0.336 e. The summed E-state index contributed by atoms with van der Waals surface area (Å²) < 4.78 is 13.5. The van der Waals surface area contributed by atoms with Crippen molar-refractivity contribution in [2.24, 2.45) is 5.92 Å². The molecule has 1 atom stereocenters. The maximum absolute atomic E-state index is 13.3. The van der Waals surface area contributed by atoms with Crippen molar-refractivity contribution in [3.8, 4) is 17.0 Å². The van der Waals surface area contributed by atoms with Crippen LogP contribution < -0.4 is 4.74 Å². The number of aromatic nitrogens is 2. The van der Waals surface area contributed by atoms with Gasteiger partial charge in [-0.3, -0.25) is 9.20 Å². The Balaban J connectivity index is 1.57. The number of aromatic carboxylic acids is 1. The average Bonchev–Trinajstić information content (AvgIpc) is 3.38. The first kappa shape index (κ1) is 24.6. The Morgan fingerprint density at radius 3 is 2.43 bits per heavy atom. The SMILES string of the molecule is COc1cn2c(C(OC(=O)C3CCCCC3)c3ccc(-c4ccccc4C(=O)O)cc3)ccc(C)c2n1. The fourth-order valence-electron chi connectivity index (χ4n) is 5.12. The number of fused-ring (bicyclic) bond motifs is 1. The molecule has 2 aromatic carbocycles. The Morgan fingerprint density at radius 2 is 1.73 bits per heavy atom. The van der Waals surface area contributed by atoms with Crippen LogP contribution >= 0.6 is 0 Å². The highest BCUT2D eigenvalue weighted by Crippen LogP contribution is 2.34. The highest BCUT2D eigenvalue weighted by molar-refractivity contribution is 5.96. The second-order valence-corrected chi connectivity index (χ2v) is 9.54. The van der Waals surface area contributed by atoms with Crippen molar-refractivity contribution in [2.45, 2.75) is 45.1 Å². The number of pyridine rings is 1. The Hall–Kier alpha value is -4.13. The molecule has 2 heterocycles. The number of rotatable bonds is 7. The van der Waals surface area contributed by atoms with Crippen molar-refractivity contribution in [3.05, 3.63) is 89.2 Å². The van der Waals surface area contributed by atoms with E-state index in [-0.39, 0.29) is 17.5 Å². The molecule has 1 N–H and O–H groups in total. The van der Waals surface area contributed by atoms with Gasteiger partial charge in [0.15, 0.2) is 6.10 Å². The summed E-state index contributed by atoms with van der Waals surface area (Å²) in [6.07, 6.45) is 6.05. The second-order valence-electron chi connectivity index (χ2n) is 9.54. The van der Waals surface area contributed by atoms with Crippen molar-refractivity contribution in [2.75, 3.05) is 7.11 Å². The summed E-state index contributed by atoms with van der Waals surface area (Å²) in [7, 11) is 1.57. The average molecular weight is 499 g/mol. The molecule has 7 heteroatoms. The lowest BCUT2D eigenvalue weighted by atomic mass is 9.89. The van der Waals surface area contributed by atoms with E-state index in [1.165, 1.54) is 0 Å². The second kappa shape index (κ2) is 10.5. The van der Waals surface area contributed by atoms with Gasteiger partial charge in [0, 0.05) is 0 Å². The molecule has 2 aromatic heterocycles. The summed E-state index contributed by atoms with van der Waals surface area (Å²) in [6, 6.07) is 18.4. The van der Waals surface area contributed by atoms with Gasteiger partial charge in [-0.2, -0.15) is 4.98 Å². The zero-order chi connectivity index (χ0) is 25.9. The summed E-state index contributed by atoms with van der Waals surface area (Å²) in [4.78, 5) is 29.6. The Morgan fingerprint density at radius 1 is 1.00 bits per heavy atom. The molecule has 4 aromatic rings. The Kier molecular flexibility index (Phi) is 6.95. The van der Waals surface area contributed by atoms with Crippen molar-refractivity contribution in [1.82, 2.24) is 9.38 Å². The number of carbonyl (C=O) groups excluding carboxylic acids is 1. The van der Waals surface area contributed by atoms with Gasteiger partial charge in [0.2, 0.25) is 5.88 Å². The molecule has 37 heavy (non-hydrogen) atoms. The number of nitrogens with zero attached hydrogens (tertiary/aromatic N) is 2. The van der Waals surface area contributed by atoms with E-state index in [1.54, 1.807) is 31.5 Å². The third-order valence-electron chi connectivity index (χ3n) is 7.15. The van der Waals surface area contributed by atoms with Gasteiger partial charge in [-0.25, -0.2) is 4.79 Å². The van der Waals surface area contributed by atoms with E-state index in [9.17, 15) is 14.7 Å². The molecule has 1 aliphatic carbocycles. The molecular weight excluding hydrogens is 468 g/mol. The van der Waals surface area contributed by atoms with E-state index in [0.717, 1.165) is 60.1 Å². The van der Waals surface area contributed by atoms with E-state index < -0.39 is 12.1 Å². The molecule has 5 rings (SSSR count). The minimum Gasteiger partial charge on any atom is -0.480 e. The first-order valence-corrected chi connectivity index (χ1v) is 12.6. The lowest BCUT2D eigenvalue weighted by Crippen LogP contribution is -2.24. The molecule has 7 nitrogen and oxygen atoms in total. The zero-order valence-corrected chi connectivity index (χ0v) is 21.0. The number of benzene rings is 2. The lowest BCUT2D eigenvalue weighted by molar-refractivity contribution is -0.153. The van der Waals surface area contributed by atoms with Crippen molar-refractivity contribution < 1.29 is 24.2 Å². The minimum absolute atomic E-state index is 0.101.